The van der Waals surface area contributed by atoms with E-state index in [0.717, 1.165) is 5.69 Å². The maximum atomic E-state index is 5.74. The van der Waals surface area contributed by atoms with E-state index >= 15 is 0 Å². The summed E-state index contributed by atoms with van der Waals surface area (Å²) in [5.74, 6) is 0.226. The van der Waals surface area contributed by atoms with E-state index in [1.165, 1.54) is 12.4 Å². The Balaban J connectivity index is 2.12. The standard InChI is InChI=1S/C11H10ClN5/c12-10-7-14-6-9(15-10)11(13)17-16-8-4-2-1-3-5-8/h1-7,16H,(H2,13,17). The Kier molecular flexibility index (Phi) is 3.52. The van der Waals surface area contributed by atoms with Gasteiger partial charge >= 0.3 is 0 Å². The van der Waals surface area contributed by atoms with E-state index < -0.39 is 0 Å². The van der Waals surface area contributed by atoms with Gasteiger partial charge in [-0.25, -0.2) is 4.98 Å². The number of aromatic nitrogens is 2. The molecule has 0 atom stereocenters. The van der Waals surface area contributed by atoms with Crippen molar-refractivity contribution in [3.05, 3.63) is 53.6 Å². The maximum absolute atomic E-state index is 5.74. The topological polar surface area (TPSA) is 76.2 Å². The number of rotatable bonds is 3. The lowest BCUT2D eigenvalue weighted by Crippen LogP contribution is -2.17. The van der Waals surface area contributed by atoms with E-state index in [4.69, 9.17) is 17.3 Å². The van der Waals surface area contributed by atoms with Crippen molar-refractivity contribution in [2.24, 2.45) is 10.8 Å². The Labute approximate surface area is 103 Å². The minimum atomic E-state index is 0.226. The van der Waals surface area contributed by atoms with Crippen LogP contribution in [0.3, 0.4) is 0 Å². The van der Waals surface area contributed by atoms with Crippen LogP contribution in [-0.4, -0.2) is 15.8 Å². The third-order valence-corrected chi connectivity index (χ3v) is 2.13. The molecule has 86 valence electrons. The molecule has 0 radical (unpaired) electrons. The lowest BCUT2D eigenvalue weighted by molar-refractivity contribution is 1.16. The molecule has 0 amide bonds. The van der Waals surface area contributed by atoms with Gasteiger partial charge in [-0.3, -0.25) is 10.4 Å². The fourth-order valence-electron chi connectivity index (χ4n) is 1.16. The second-order valence-corrected chi connectivity index (χ2v) is 3.59. The molecule has 17 heavy (non-hydrogen) atoms. The summed E-state index contributed by atoms with van der Waals surface area (Å²) in [5, 5.41) is 4.27. The van der Waals surface area contributed by atoms with Crippen LogP contribution in [0, 0.1) is 0 Å². The second-order valence-electron chi connectivity index (χ2n) is 3.20. The molecule has 0 aliphatic rings. The number of nitrogens with one attached hydrogen (secondary N) is 1. The van der Waals surface area contributed by atoms with E-state index in [1.54, 1.807) is 0 Å². The van der Waals surface area contributed by atoms with Gasteiger partial charge in [-0.15, -0.1) is 0 Å². The van der Waals surface area contributed by atoms with Crippen molar-refractivity contribution in [1.29, 1.82) is 0 Å². The normalized spacial score (nSPS) is 11.2. The van der Waals surface area contributed by atoms with E-state index in [1.807, 2.05) is 30.3 Å². The largest absolute Gasteiger partial charge is 0.380 e. The van der Waals surface area contributed by atoms with Crippen LogP contribution in [0.5, 0.6) is 0 Å². The van der Waals surface area contributed by atoms with E-state index in [2.05, 4.69) is 20.5 Å². The number of hydrogen-bond donors (Lipinski definition) is 2. The average molecular weight is 248 g/mol. The molecule has 1 aromatic carbocycles. The number of halogens is 1. The fourth-order valence-corrected chi connectivity index (χ4v) is 1.31. The van der Waals surface area contributed by atoms with Crippen LogP contribution in [0.15, 0.2) is 47.8 Å². The number of nitrogens with zero attached hydrogens (tertiary/aromatic N) is 3. The maximum Gasteiger partial charge on any atom is 0.171 e. The number of amidine groups is 1. The number of hydrazone groups is 1. The van der Waals surface area contributed by atoms with Gasteiger partial charge in [0.2, 0.25) is 0 Å². The lowest BCUT2D eigenvalue weighted by Gasteiger charge is -2.02. The Morgan fingerprint density at radius 3 is 2.71 bits per heavy atom. The van der Waals surface area contributed by atoms with Gasteiger partial charge in [0.15, 0.2) is 5.84 Å². The van der Waals surface area contributed by atoms with Crippen LogP contribution in [0.25, 0.3) is 0 Å². The van der Waals surface area contributed by atoms with Gasteiger partial charge < -0.3 is 5.73 Å². The van der Waals surface area contributed by atoms with Crippen molar-refractivity contribution < 1.29 is 0 Å². The first kappa shape index (κ1) is 11.3. The summed E-state index contributed by atoms with van der Waals surface area (Å²) >= 11 is 5.70. The third kappa shape index (κ3) is 3.15. The molecular formula is C11H10ClN5. The molecule has 0 bridgehead atoms. The van der Waals surface area contributed by atoms with Crippen molar-refractivity contribution in [3.63, 3.8) is 0 Å². The summed E-state index contributed by atoms with van der Waals surface area (Å²) < 4.78 is 0. The van der Waals surface area contributed by atoms with Gasteiger partial charge in [0.05, 0.1) is 18.1 Å². The van der Waals surface area contributed by atoms with Crippen LogP contribution in [0.1, 0.15) is 5.69 Å². The zero-order chi connectivity index (χ0) is 12.1. The van der Waals surface area contributed by atoms with Gasteiger partial charge in [-0.05, 0) is 12.1 Å². The summed E-state index contributed by atoms with van der Waals surface area (Å²) in [6.07, 6.45) is 2.93. The average Bonchev–Trinajstić information content (AvgIpc) is 2.37. The Morgan fingerprint density at radius 1 is 1.24 bits per heavy atom. The first-order chi connectivity index (χ1) is 8.25. The molecular weight excluding hydrogens is 238 g/mol. The first-order valence-corrected chi connectivity index (χ1v) is 5.25. The van der Waals surface area contributed by atoms with Gasteiger partial charge in [-0.1, -0.05) is 29.8 Å². The highest BCUT2D eigenvalue weighted by atomic mass is 35.5. The predicted molar refractivity (Wildman–Crippen MR) is 67.8 cm³/mol. The van der Waals surface area contributed by atoms with Crippen LogP contribution < -0.4 is 11.2 Å². The number of benzene rings is 1. The van der Waals surface area contributed by atoms with Gasteiger partial charge in [0.1, 0.15) is 10.8 Å². The van der Waals surface area contributed by atoms with Crippen LogP contribution in [0.4, 0.5) is 5.69 Å². The lowest BCUT2D eigenvalue weighted by atomic mass is 10.3. The number of hydrogen-bond acceptors (Lipinski definition) is 4. The van der Waals surface area contributed by atoms with Crippen molar-refractivity contribution >= 4 is 23.1 Å². The van der Waals surface area contributed by atoms with Crippen molar-refractivity contribution in [2.75, 3.05) is 5.43 Å². The fraction of sp³-hybridized carbons (Fsp3) is 0. The number of para-hydroxylation sites is 1. The molecule has 1 heterocycles. The molecule has 0 aliphatic carbocycles. The summed E-state index contributed by atoms with van der Waals surface area (Å²) in [5.41, 5.74) is 9.82. The smallest absolute Gasteiger partial charge is 0.171 e. The zero-order valence-corrected chi connectivity index (χ0v) is 9.59. The molecule has 0 saturated carbocycles. The van der Waals surface area contributed by atoms with E-state index in [-0.39, 0.29) is 11.0 Å². The van der Waals surface area contributed by atoms with E-state index in [9.17, 15) is 0 Å². The zero-order valence-electron chi connectivity index (χ0n) is 8.84. The second kappa shape index (κ2) is 5.27. The monoisotopic (exact) mass is 247 g/mol. The molecule has 5 nitrogen and oxygen atoms in total. The summed E-state index contributed by atoms with van der Waals surface area (Å²) in [6, 6.07) is 9.46. The van der Waals surface area contributed by atoms with Crippen LogP contribution in [-0.2, 0) is 0 Å². The molecule has 2 aromatic rings. The highest BCUT2D eigenvalue weighted by Crippen LogP contribution is 2.06. The molecule has 0 saturated heterocycles. The molecule has 0 spiro atoms. The van der Waals surface area contributed by atoms with Crippen LogP contribution >= 0.6 is 11.6 Å². The summed E-state index contributed by atoms with van der Waals surface area (Å²) in [4.78, 5) is 7.87. The molecule has 0 fully saturated rings. The Morgan fingerprint density at radius 2 is 2.00 bits per heavy atom. The first-order valence-electron chi connectivity index (χ1n) is 4.88. The minimum Gasteiger partial charge on any atom is -0.380 e. The van der Waals surface area contributed by atoms with Crippen molar-refractivity contribution in [2.45, 2.75) is 0 Å². The predicted octanol–water partition coefficient (Wildman–Crippen LogP) is 1.86. The summed E-state index contributed by atoms with van der Waals surface area (Å²) in [6.45, 7) is 0. The number of anilines is 1. The highest BCUT2D eigenvalue weighted by molar-refractivity contribution is 6.29. The quantitative estimate of drug-likeness (QED) is 0.493. The van der Waals surface area contributed by atoms with Crippen LogP contribution in [0.2, 0.25) is 5.15 Å². The van der Waals surface area contributed by atoms with Crippen molar-refractivity contribution in [3.8, 4) is 0 Å². The van der Waals surface area contributed by atoms with Gasteiger partial charge in [0.25, 0.3) is 0 Å². The Hall–Kier alpha value is -2.14. The van der Waals surface area contributed by atoms with Gasteiger partial charge in [-0.2, -0.15) is 5.10 Å². The molecule has 2 rings (SSSR count). The molecule has 0 unspecified atom stereocenters. The third-order valence-electron chi connectivity index (χ3n) is 1.95. The van der Waals surface area contributed by atoms with E-state index in [0.29, 0.717) is 5.69 Å². The highest BCUT2D eigenvalue weighted by Gasteiger charge is 2.01. The molecule has 0 aliphatic heterocycles. The minimum absolute atomic E-state index is 0.226. The Bertz CT molecular complexity index is 526. The SMILES string of the molecule is N/C(=N\Nc1ccccc1)c1cncc(Cl)n1. The van der Waals surface area contributed by atoms with Crippen molar-refractivity contribution in [1.82, 2.24) is 9.97 Å². The number of nitrogens with two attached hydrogens (primary N) is 1. The van der Waals surface area contributed by atoms with Gasteiger partial charge in [0, 0.05) is 0 Å². The summed E-state index contributed by atoms with van der Waals surface area (Å²) in [7, 11) is 0. The molecule has 1 aromatic heterocycles. The molecule has 6 heteroatoms. The molecule has 3 N–H and O–H groups in total.